The molecule has 0 aliphatic carbocycles. The molecular weight excluding hydrogens is 388 g/mol. The monoisotopic (exact) mass is 422 g/mol. The number of aliphatic hydroxyl groups is 1. The number of amides is 2. The number of hydrazine groups is 1. The van der Waals surface area contributed by atoms with Crippen LogP contribution in [0.5, 0.6) is 0 Å². The molecule has 1 atom stereocenters. The normalized spacial score (nSPS) is 13.8. The van der Waals surface area contributed by atoms with Crippen molar-refractivity contribution in [1.82, 2.24) is 10.4 Å². The van der Waals surface area contributed by atoms with Crippen LogP contribution in [-0.4, -0.2) is 69.2 Å². The first-order valence-electron chi connectivity index (χ1n) is 8.84. The number of thiol groups is 1. The maximum atomic E-state index is 12.3. The van der Waals surface area contributed by atoms with Gasteiger partial charge in [0.05, 0.1) is 0 Å². The Labute approximate surface area is 169 Å². The Morgan fingerprint density at radius 1 is 1.11 bits per heavy atom. The molecule has 1 unspecified atom stereocenters. The van der Waals surface area contributed by atoms with Crippen LogP contribution in [-0.2, 0) is 14.3 Å². The van der Waals surface area contributed by atoms with Crippen molar-refractivity contribution in [3.8, 4) is 0 Å². The Morgan fingerprint density at radius 3 is 2.11 bits per heavy atom. The van der Waals surface area contributed by atoms with Crippen LogP contribution in [0.15, 0.2) is 0 Å². The van der Waals surface area contributed by atoms with Crippen molar-refractivity contribution in [2.45, 2.75) is 65.3 Å². The van der Waals surface area contributed by atoms with E-state index in [-0.39, 0.29) is 11.4 Å². The molecule has 2 amide bonds. The Hall–Kier alpha value is -1.69. The van der Waals surface area contributed by atoms with Crippen LogP contribution >= 0.6 is 11.4 Å². The van der Waals surface area contributed by atoms with Gasteiger partial charge in [0.15, 0.2) is 5.78 Å². The first kappa shape index (κ1) is 26.3. The highest BCUT2D eigenvalue weighted by molar-refractivity contribution is 7.98. The average molecular weight is 423 g/mol. The molecule has 10 nitrogen and oxygen atoms in total. The van der Waals surface area contributed by atoms with Crippen molar-refractivity contribution in [2.24, 2.45) is 11.5 Å². The molecular formula is C17H34N4O6S. The van der Waals surface area contributed by atoms with Crippen LogP contribution in [0.4, 0.5) is 9.59 Å². The van der Waals surface area contributed by atoms with Crippen molar-refractivity contribution in [1.29, 1.82) is 0 Å². The second-order valence-electron chi connectivity index (χ2n) is 8.03. The Bertz CT molecular complexity index is 583. The van der Waals surface area contributed by atoms with Gasteiger partial charge in [0.2, 0.25) is 0 Å². The van der Waals surface area contributed by atoms with E-state index in [1.807, 2.05) is 0 Å². The van der Waals surface area contributed by atoms with Crippen molar-refractivity contribution in [2.75, 3.05) is 18.8 Å². The van der Waals surface area contributed by atoms with Crippen molar-refractivity contribution < 1.29 is 29.0 Å². The lowest BCUT2D eigenvalue weighted by molar-refractivity contribution is -0.122. The molecule has 0 spiro atoms. The largest absolute Gasteiger partial charge is 0.443 e. The summed E-state index contributed by atoms with van der Waals surface area (Å²) in [5, 5.41) is 10.7. The smallest absolute Gasteiger partial charge is 0.429 e. The number of aliphatic hydroxyl groups excluding tert-OH is 1. The fourth-order valence-electron chi connectivity index (χ4n) is 1.74. The van der Waals surface area contributed by atoms with Gasteiger partial charge in [-0.05, 0) is 47.3 Å². The number of rotatable bonds is 7. The minimum atomic E-state index is -1.18. The highest BCUT2D eigenvalue weighted by atomic mass is 32.1. The maximum absolute atomic E-state index is 12.3. The van der Waals surface area contributed by atoms with E-state index in [1.165, 1.54) is 0 Å². The summed E-state index contributed by atoms with van der Waals surface area (Å²) in [6, 6.07) is 0. The highest BCUT2D eigenvalue weighted by Crippen LogP contribution is 2.11. The lowest BCUT2D eigenvalue weighted by Crippen LogP contribution is -2.52. The summed E-state index contributed by atoms with van der Waals surface area (Å²) >= 11 is 0.640. The molecule has 0 radical (unpaired) electrons. The summed E-state index contributed by atoms with van der Waals surface area (Å²) < 4.78 is 10.3. The summed E-state index contributed by atoms with van der Waals surface area (Å²) in [5.41, 5.74) is 11.7. The van der Waals surface area contributed by atoms with Gasteiger partial charge < -0.3 is 20.3 Å². The molecule has 0 aromatic heterocycles. The van der Waals surface area contributed by atoms with Crippen LogP contribution < -0.4 is 16.9 Å². The zero-order chi connectivity index (χ0) is 22.1. The Morgan fingerprint density at radius 2 is 1.64 bits per heavy atom. The molecule has 0 bridgehead atoms. The van der Waals surface area contributed by atoms with Crippen molar-refractivity contribution in [3.05, 3.63) is 0 Å². The number of nitrogens with zero attached hydrogens (tertiary/aromatic N) is 1. The minimum absolute atomic E-state index is 0.211. The van der Waals surface area contributed by atoms with Gasteiger partial charge in [-0.15, -0.1) is 0 Å². The fraction of sp³-hybridized carbons (Fsp3) is 0.765. The Kier molecular flexibility index (Phi) is 10.7. The minimum Gasteiger partial charge on any atom is -0.443 e. The molecule has 0 fully saturated rings. The van der Waals surface area contributed by atoms with Gasteiger partial charge in [-0.2, -0.15) is 11.4 Å². The molecule has 0 aliphatic heterocycles. The third-order valence-corrected chi connectivity index (χ3v) is 3.90. The molecule has 0 aromatic rings. The molecule has 28 heavy (non-hydrogen) atoms. The van der Waals surface area contributed by atoms with E-state index in [4.69, 9.17) is 20.9 Å². The average Bonchev–Trinajstić information content (AvgIpc) is 2.48. The summed E-state index contributed by atoms with van der Waals surface area (Å²) in [4.78, 5) is 36.8. The van der Waals surface area contributed by atoms with E-state index >= 15 is 0 Å². The number of carbonyl (C=O) groups excluding carboxylic acids is 3. The Balaban J connectivity index is 5.12. The van der Waals surface area contributed by atoms with E-state index in [0.29, 0.717) is 28.7 Å². The number of ketones is 1. The van der Waals surface area contributed by atoms with E-state index < -0.39 is 41.8 Å². The number of Topliss-reactive ketones (excluding diaryl/α,β-unsaturated/α-hetero) is 1. The molecule has 0 saturated carbocycles. The molecule has 0 rings (SSSR count). The first-order valence-corrected chi connectivity index (χ1v) is 9.92. The molecule has 11 heteroatoms. The fourth-order valence-corrected chi connectivity index (χ4v) is 2.43. The van der Waals surface area contributed by atoms with Crippen LogP contribution in [0.1, 0.15) is 48.0 Å². The van der Waals surface area contributed by atoms with Crippen LogP contribution in [0.3, 0.4) is 0 Å². The van der Waals surface area contributed by atoms with E-state index in [1.54, 1.807) is 41.5 Å². The SMILES string of the molecule is CC(C)(C)OC(=O)NN(CC(=O)CC(O)C(N)=[SH]CCN)C(=O)OC(C)(C)C. The number of nitrogens with two attached hydrogens (primary N) is 2. The number of hydrogen-bond acceptors (Lipinski definition) is 7. The molecule has 164 valence electrons. The van der Waals surface area contributed by atoms with Crippen LogP contribution in [0.25, 0.3) is 0 Å². The molecule has 0 saturated heterocycles. The lowest BCUT2D eigenvalue weighted by atomic mass is 10.2. The van der Waals surface area contributed by atoms with Gasteiger partial charge in [-0.1, -0.05) is 0 Å². The van der Waals surface area contributed by atoms with E-state index in [0.717, 1.165) is 0 Å². The quantitative estimate of drug-likeness (QED) is 0.225. The summed E-state index contributed by atoms with van der Waals surface area (Å²) in [5.74, 6) is 0.0294. The van der Waals surface area contributed by atoms with Crippen molar-refractivity contribution in [3.63, 3.8) is 0 Å². The summed E-state index contributed by atoms with van der Waals surface area (Å²) in [6.45, 7) is 9.79. The molecule has 0 heterocycles. The van der Waals surface area contributed by atoms with Gasteiger partial charge in [0.25, 0.3) is 0 Å². The second-order valence-corrected chi connectivity index (χ2v) is 9.31. The van der Waals surface area contributed by atoms with E-state index in [2.05, 4.69) is 5.43 Å². The molecule has 6 N–H and O–H groups in total. The number of ether oxygens (including phenoxy) is 2. The predicted octanol–water partition coefficient (Wildman–Crippen LogP) is 0.496. The van der Waals surface area contributed by atoms with Gasteiger partial charge in [0.1, 0.15) is 23.9 Å². The number of hydrogen-bond donors (Lipinski definition) is 5. The first-order chi connectivity index (χ1) is 12.6. The topological polar surface area (TPSA) is 157 Å². The van der Waals surface area contributed by atoms with Gasteiger partial charge >= 0.3 is 12.2 Å². The number of nitrogens with one attached hydrogen (secondary N) is 1. The van der Waals surface area contributed by atoms with Gasteiger partial charge in [-0.25, -0.2) is 20.0 Å². The maximum Gasteiger partial charge on any atom is 0.429 e. The zero-order valence-corrected chi connectivity index (χ0v) is 18.3. The van der Waals surface area contributed by atoms with Crippen LogP contribution in [0.2, 0.25) is 0 Å². The molecule has 0 aromatic carbocycles. The van der Waals surface area contributed by atoms with E-state index in [9.17, 15) is 19.5 Å². The van der Waals surface area contributed by atoms with Gasteiger partial charge in [-0.3, -0.25) is 10.5 Å². The number of carbonyl (C=O) groups is 3. The van der Waals surface area contributed by atoms with Crippen LogP contribution in [0, 0.1) is 0 Å². The molecule has 0 aliphatic rings. The lowest BCUT2D eigenvalue weighted by Gasteiger charge is -2.28. The van der Waals surface area contributed by atoms with Gasteiger partial charge in [0, 0.05) is 18.0 Å². The second kappa shape index (κ2) is 11.3. The summed E-state index contributed by atoms with van der Waals surface area (Å²) in [7, 11) is 0. The zero-order valence-electron chi connectivity index (χ0n) is 17.4. The standard InChI is InChI=1S/C17H34N4O6S/c1-16(2,3)26-14(24)20-21(15(25)27-17(4,5)6)10-11(22)9-12(23)13(19)28-8-7-18/h12,23,28H,7-10,18-19H2,1-6H3,(H,20,24). The summed E-state index contributed by atoms with van der Waals surface area (Å²) in [6.07, 6.45) is -3.35. The highest BCUT2D eigenvalue weighted by Gasteiger charge is 2.28. The third kappa shape index (κ3) is 12.7. The third-order valence-electron chi connectivity index (χ3n) is 2.76. The van der Waals surface area contributed by atoms with Crippen molar-refractivity contribution >= 4 is 34.3 Å². The predicted molar refractivity (Wildman–Crippen MR) is 110 cm³/mol.